The van der Waals surface area contributed by atoms with Gasteiger partial charge < -0.3 is 14.2 Å². The highest BCUT2D eigenvalue weighted by Gasteiger charge is 2.17. The summed E-state index contributed by atoms with van der Waals surface area (Å²) >= 11 is 6.06. The predicted octanol–water partition coefficient (Wildman–Crippen LogP) is 4.83. The number of fused-ring (bicyclic) bond motifs is 1. The highest BCUT2D eigenvalue weighted by atomic mass is 35.5. The summed E-state index contributed by atoms with van der Waals surface area (Å²) in [6.07, 6.45) is 1.71. The van der Waals surface area contributed by atoms with Gasteiger partial charge in [-0.2, -0.15) is 5.10 Å². The van der Waals surface area contributed by atoms with Gasteiger partial charge in [-0.3, -0.25) is 10.1 Å². The first-order valence-corrected chi connectivity index (χ1v) is 11.8. The number of benzene rings is 2. The number of amides is 1. The Morgan fingerprint density at radius 3 is 2.71 bits per heavy atom. The van der Waals surface area contributed by atoms with E-state index in [1.807, 2.05) is 37.3 Å². The van der Waals surface area contributed by atoms with Gasteiger partial charge in [-0.1, -0.05) is 37.6 Å². The van der Waals surface area contributed by atoms with Crippen LogP contribution in [0.3, 0.4) is 0 Å². The molecule has 0 aliphatic heterocycles. The lowest BCUT2D eigenvalue weighted by atomic mass is 10.2. The summed E-state index contributed by atoms with van der Waals surface area (Å²) in [6, 6.07) is 15.0. The maximum Gasteiger partial charge on any atom is 0.278 e. The minimum absolute atomic E-state index is 0.177. The maximum absolute atomic E-state index is 13.0. The molecule has 178 valence electrons. The molecule has 0 saturated heterocycles. The molecule has 0 bridgehead atoms. The van der Waals surface area contributed by atoms with E-state index in [0.29, 0.717) is 22.4 Å². The van der Waals surface area contributed by atoms with Crippen LogP contribution in [0.15, 0.2) is 54.7 Å². The average molecular weight is 481 g/mol. The van der Waals surface area contributed by atoms with E-state index in [9.17, 15) is 4.79 Å². The lowest BCUT2D eigenvalue weighted by molar-refractivity contribution is 0.101. The molecule has 0 fully saturated rings. The normalized spacial score (nSPS) is 11.3. The molecular formula is C25H29ClN6O2. The summed E-state index contributed by atoms with van der Waals surface area (Å²) in [5.41, 5.74) is 3.05. The van der Waals surface area contributed by atoms with Crippen molar-refractivity contribution in [1.82, 2.24) is 24.2 Å². The summed E-state index contributed by atoms with van der Waals surface area (Å²) < 4.78 is 9.38. The second kappa shape index (κ2) is 10.7. The number of ether oxygens (including phenoxy) is 1. The SMILES string of the molecule is CCN(CC)CCn1c(NC(=O)c2ccn(COc3ccc(Cl)c(C)c3)n2)nc2ccccc21. The number of carbonyl (C=O) groups is 1. The number of imidazole rings is 1. The number of rotatable bonds is 10. The quantitative estimate of drug-likeness (QED) is 0.352. The fourth-order valence-corrected chi connectivity index (χ4v) is 3.86. The zero-order valence-corrected chi connectivity index (χ0v) is 20.4. The van der Waals surface area contributed by atoms with Crippen LogP contribution in [0.4, 0.5) is 5.95 Å². The molecule has 0 spiro atoms. The Labute approximate surface area is 204 Å². The highest BCUT2D eigenvalue weighted by molar-refractivity contribution is 6.31. The van der Waals surface area contributed by atoms with Crippen LogP contribution in [0.25, 0.3) is 11.0 Å². The number of aromatic nitrogens is 4. The molecular weight excluding hydrogens is 452 g/mol. The molecule has 0 saturated carbocycles. The third kappa shape index (κ3) is 5.40. The van der Waals surface area contributed by atoms with Crippen molar-refractivity contribution in [3.8, 4) is 5.75 Å². The second-order valence-electron chi connectivity index (χ2n) is 7.98. The van der Waals surface area contributed by atoms with E-state index < -0.39 is 0 Å². The molecule has 0 radical (unpaired) electrons. The summed E-state index contributed by atoms with van der Waals surface area (Å²) in [5.74, 6) is 0.881. The van der Waals surface area contributed by atoms with E-state index >= 15 is 0 Å². The van der Waals surface area contributed by atoms with Crippen LogP contribution < -0.4 is 10.1 Å². The van der Waals surface area contributed by atoms with Crippen molar-refractivity contribution in [2.24, 2.45) is 0 Å². The van der Waals surface area contributed by atoms with E-state index in [2.05, 4.69) is 38.7 Å². The Morgan fingerprint density at radius 1 is 1.15 bits per heavy atom. The van der Waals surface area contributed by atoms with Gasteiger partial charge in [0.2, 0.25) is 5.95 Å². The van der Waals surface area contributed by atoms with Crippen molar-refractivity contribution in [1.29, 1.82) is 0 Å². The van der Waals surface area contributed by atoms with E-state index in [1.165, 1.54) is 0 Å². The van der Waals surface area contributed by atoms with Gasteiger partial charge in [0, 0.05) is 24.3 Å². The van der Waals surface area contributed by atoms with E-state index in [0.717, 1.165) is 42.8 Å². The Hall–Kier alpha value is -3.36. The van der Waals surface area contributed by atoms with Crippen molar-refractivity contribution in [3.05, 3.63) is 71.0 Å². The third-order valence-electron chi connectivity index (χ3n) is 5.78. The molecule has 2 heterocycles. The molecule has 4 aromatic rings. The molecule has 2 aromatic heterocycles. The Balaban J connectivity index is 1.46. The van der Waals surface area contributed by atoms with Gasteiger partial charge in [-0.25, -0.2) is 9.67 Å². The fourth-order valence-electron chi connectivity index (χ4n) is 3.75. The first kappa shape index (κ1) is 23.8. The summed E-state index contributed by atoms with van der Waals surface area (Å²) in [7, 11) is 0. The topological polar surface area (TPSA) is 77.2 Å². The molecule has 2 aromatic carbocycles. The molecule has 9 heteroatoms. The predicted molar refractivity (Wildman–Crippen MR) is 135 cm³/mol. The number of halogens is 1. The van der Waals surface area contributed by atoms with Crippen LogP contribution in [-0.4, -0.2) is 49.8 Å². The van der Waals surface area contributed by atoms with Gasteiger partial charge in [0.1, 0.15) is 5.75 Å². The van der Waals surface area contributed by atoms with Crippen molar-refractivity contribution in [2.45, 2.75) is 34.0 Å². The number of aryl methyl sites for hydroxylation is 1. The van der Waals surface area contributed by atoms with Crippen LogP contribution in [0.5, 0.6) is 5.75 Å². The number of hydrogen-bond acceptors (Lipinski definition) is 5. The lowest BCUT2D eigenvalue weighted by Gasteiger charge is -2.19. The number of carbonyl (C=O) groups excluding carboxylic acids is 1. The Bertz CT molecular complexity index is 1280. The van der Waals surface area contributed by atoms with E-state index in [1.54, 1.807) is 29.1 Å². The molecule has 1 amide bonds. The van der Waals surface area contributed by atoms with E-state index in [-0.39, 0.29) is 12.6 Å². The zero-order chi connectivity index (χ0) is 24.1. The molecule has 4 rings (SSSR count). The molecule has 0 aliphatic carbocycles. The molecule has 34 heavy (non-hydrogen) atoms. The number of anilines is 1. The van der Waals surface area contributed by atoms with Gasteiger partial charge in [-0.05, 0) is 62.0 Å². The smallest absolute Gasteiger partial charge is 0.278 e. The van der Waals surface area contributed by atoms with Gasteiger partial charge in [0.25, 0.3) is 5.91 Å². The van der Waals surface area contributed by atoms with Crippen LogP contribution in [0.2, 0.25) is 5.02 Å². The van der Waals surface area contributed by atoms with Crippen LogP contribution >= 0.6 is 11.6 Å². The van der Waals surface area contributed by atoms with Crippen molar-refractivity contribution in [3.63, 3.8) is 0 Å². The van der Waals surface area contributed by atoms with Crippen LogP contribution in [0.1, 0.15) is 29.9 Å². The van der Waals surface area contributed by atoms with Gasteiger partial charge in [0.15, 0.2) is 12.4 Å². The first-order chi connectivity index (χ1) is 16.5. The Kier molecular flexibility index (Phi) is 7.49. The number of nitrogens with one attached hydrogen (secondary N) is 1. The van der Waals surface area contributed by atoms with Crippen molar-refractivity contribution < 1.29 is 9.53 Å². The zero-order valence-electron chi connectivity index (χ0n) is 19.7. The molecule has 8 nitrogen and oxygen atoms in total. The highest BCUT2D eigenvalue weighted by Crippen LogP contribution is 2.22. The monoisotopic (exact) mass is 480 g/mol. The first-order valence-electron chi connectivity index (χ1n) is 11.4. The maximum atomic E-state index is 13.0. The molecule has 0 unspecified atom stereocenters. The van der Waals surface area contributed by atoms with Crippen LogP contribution in [0, 0.1) is 6.92 Å². The molecule has 0 atom stereocenters. The second-order valence-corrected chi connectivity index (χ2v) is 8.39. The van der Waals surface area contributed by atoms with E-state index in [4.69, 9.17) is 16.3 Å². The lowest BCUT2D eigenvalue weighted by Crippen LogP contribution is -2.27. The van der Waals surface area contributed by atoms with Crippen LogP contribution in [-0.2, 0) is 13.3 Å². The van der Waals surface area contributed by atoms with Gasteiger partial charge in [-0.15, -0.1) is 0 Å². The standard InChI is InChI=1S/C25H29ClN6O2/c1-4-30(5-2)14-15-32-23-9-7-6-8-21(23)27-25(32)28-24(33)22-12-13-31(29-22)17-34-19-10-11-20(26)18(3)16-19/h6-13,16H,4-5,14-15,17H2,1-3H3,(H,27,28,33). The summed E-state index contributed by atoms with van der Waals surface area (Å²) in [6.45, 7) is 9.92. The number of hydrogen-bond donors (Lipinski definition) is 1. The van der Waals surface area contributed by atoms with Crippen molar-refractivity contribution in [2.75, 3.05) is 25.0 Å². The molecule has 1 N–H and O–H groups in total. The minimum atomic E-state index is -0.319. The Morgan fingerprint density at radius 2 is 1.94 bits per heavy atom. The average Bonchev–Trinajstić information content (AvgIpc) is 3.45. The van der Waals surface area contributed by atoms with Gasteiger partial charge in [0.05, 0.1) is 11.0 Å². The summed E-state index contributed by atoms with van der Waals surface area (Å²) in [4.78, 5) is 19.9. The van der Waals surface area contributed by atoms with Crippen molar-refractivity contribution >= 4 is 34.5 Å². The minimum Gasteiger partial charge on any atom is -0.471 e. The number of likely N-dealkylation sites (N-methyl/N-ethyl adjacent to an activating group) is 1. The summed E-state index contributed by atoms with van der Waals surface area (Å²) in [5, 5.41) is 7.98. The fraction of sp³-hybridized carbons (Fsp3) is 0.320. The molecule has 0 aliphatic rings. The largest absolute Gasteiger partial charge is 0.471 e. The number of nitrogens with zero attached hydrogens (tertiary/aromatic N) is 5. The number of para-hydroxylation sites is 2. The van der Waals surface area contributed by atoms with Gasteiger partial charge >= 0.3 is 0 Å². The third-order valence-corrected chi connectivity index (χ3v) is 6.20.